The monoisotopic (exact) mass is 390 g/mol. The highest BCUT2D eigenvalue weighted by Crippen LogP contribution is 2.28. The molecule has 2 aromatic rings. The summed E-state index contributed by atoms with van der Waals surface area (Å²) in [7, 11) is 0. The molecule has 6 heteroatoms. The van der Waals surface area contributed by atoms with Crippen molar-refractivity contribution in [3.05, 3.63) is 59.7 Å². The minimum absolute atomic E-state index is 0.0123. The van der Waals surface area contributed by atoms with Gasteiger partial charge in [-0.2, -0.15) is 5.26 Å². The van der Waals surface area contributed by atoms with Crippen LogP contribution < -0.4 is 5.32 Å². The van der Waals surface area contributed by atoms with Gasteiger partial charge < -0.3 is 10.2 Å². The van der Waals surface area contributed by atoms with Crippen LogP contribution in [0.1, 0.15) is 29.8 Å². The first-order valence-corrected chi connectivity index (χ1v) is 9.89. The Balaban J connectivity index is 1.72. The normalized spacial score (nSPS) is 14.5. The van der Waals surface area contributed by atoms with Crippen molar-refractivity contribution in [1.82, 2.24) is 15.1 Å². The molecule has 1 aliphatic heterocycles. The summed E-state index contributed by atoms with van der Waals surface area (Å²) in [4.78, 5) is 29.1. The molecule has 6 nitrogen and oxygen atoms in total. The number of benzene rings is 2. The van der Waals surface area contributed by atoms with Gasteiger partial charge in [-0.3, -0.25) is 14.5 Å². The molecule has 1 heterocycles. The van der Waals surface area contributed by atoms with E-state index in [1.807, 2.05) is 61.2 Å². The second kappa shape index (κ2) is 9.35. The van der Waals surface area contributed by atoms with Gasteiger partial charge in [0.1, 0.15) is 0 Å². The summed E-state index contributed by atoms with van der Waals surface area (Å²) in [6.45, 7) is 6.70. The minimum Gasteiger partial charge on any atom is -0.353 e. The quantitative estimate of drug-likeness (QED) is 0.851. The van der Waals surface area contributed by atoms with Crippen LogP contribution in [0.2, 0.25) is 0 Å². The van der Waals surface area contributed by atoms with Gasteiger partial charge in [-0.25, -0.2) is 0 Å². The maximum atomic E-state index is 13.2. The largest absolute Gasteiger partial charge is 0.353 e. The first kappa shape index (κ1) is 20.6. The zero-order valence-electron chi connectivity index (χ0n) is 16.9. The van der Waals surface area contributed by atoms with Gasteiger partial charge in [-0.15, -0.1) is 0 Å². The maximum Gasteiger partial charge on any atom is 0.254 e. The number of rotatable bonds is 5. The number of amides is 2. The number of hydrogen-bond donors (Lipinski definition) is 1. The third kappa shape index (κ3) is 5.01. The molecule has 1 saturated heterocycles. The van der Waals surface area contributed by atoms with Crippen LogP contribution in [-0.2, 0) is 4.79 Å². The molecule has 0 unspecified atom stereocenters. The lowest BCUT2D eigenvalue weighted by Crippen LogP contribution is -2.51. The Labute approximate surface area is 171 Å². The fourth-order valence-corrected chi connectivity index (χ4v) is 3.57. The summed E-state index contributed by atoms with van der Waals surface area (Å²) in [5, 5.41) is 12.3. The second-order valence-electron chi connectivity index (χ2n) is 7.49. The molecule has 1 aliphatic rings. The van der Waals surface area contributed by atoms with Gasteiger partial charge >= 0.3 is 0 Å². The van der Waals surface area contributed by atoms with E-state index in [-0.39, 0.29) is 17.9 Å². The first-order chi connectivity index (χ1) is 14.0. The van der Waals surface area contributed by atoms with Gasteiger partial charge in [0.15, 0.2) is 0 Å². The van der Waals surface area contributed by atoms with Crippen molar-refractivity contribution in [1.29, 1.82) is 5.26 Å². The van der Waals surface area contributed by atoms with E-state index in [2.05, 4.69) is 16.3 Å². The molecular formula is C23H26N4O2. The van der Waals surface area contributed by atoms with Gasteiger partial charge in [0.25, 0.3) is 5.91 Å². The van der Waals surface area contributed by atoms with E-state index >= 15 is 0 Å². The Morgan fingerprint density at radius 1 is 1.00 bits per heavy atom. The van der Waals surface area contributed by atoms with E-state index in [0.717, 1.165) is 11.1 Å². The predicted octanol–water partition coefficient (Wildman–Crippen LogP) is 2.51. The highest BCUT2D eigenvalue weighted by atomic mass is 16.2. The number of nitriles is 1. The Morgan fingerprint density at radius 3 is 2.28 bits per heavy atom. The van der Waals surface area contributed by atoms with Gasteiger partial charge in [-0.1, -0.05) is 36.4 Å². The van der Waals surface area contributed by atoms with Crippen LogP contribution in [-0.4, -0.2) is 60.4 Å². The first-order valence-electron chi connectivity index (χ1n) is 9.89. The number of piperazine rings is 1. The van der Waals surface area contributed by atoms with Crippen molar-refractivity contribution in [2.75, 3.05) is 32.7 Å². The lowest BCUT2D eigenvalue weighted by Gasteiger charge is -2.34. The molecule has 0 spiro atoms. The number of hydrogen-bond acceptors (Lipinski definition) is 4. The predicted molar refractivity (Wildman–Crippen MR) is 112 cm³/mol. The molecule has 0 atom stereocenters. The molecule has 0 radical (unpaired) electrons. The third-order valence-corrected chi connectivity index (χ3v) is 4.97. The number of nitrogens with zero attached hydrogens (tertiary/aromatic N) is 3. The molecular weight excluding hydrogens is 364 g/mol. The van der Waals surface area contributed by atoms with E-state index in [1.54, 1.807) is 6.07 Å². The van der Waals surface area contributed by atoms with E-state index in [0.29, 0.717) is 43.9 Å². The van der Waals surface area contributed by atoms with Crippen LogP contribution in [0.4, 0.5) is 0 Å². The van der Waals surface area contributed by atoms with Gasteiger partial charge in [0, 0.05) is 43.3 Å². The fourth-order valence-electron chi connectivity index (χ4n) is 3.57. The van der Waals surface area contributed by atoms with Crippen molar-refractivity contribution in [2.24, 2.45) is 0 Å². The second-order valence-corrected chi connectivity index (χ2v) is 7.49. The van der Waals surface area contributed by atoms with Crippen molar-refractivity contribution >= 4 is 11.8 Å². The van der Waals surface area contributed by atoms with Crippen molar-refractivity contribution in [3.63, 3.8) is 0 Å². The molecule has 29 heavy (non-hydrogen) atoms. The molecule has 3 rings (SSSR count). The highest BCUT2D eigenvalue weighted by molar-refractivity contribution is 6.01. The molecule has 2 amide bonds. The average molecular weight is 390 g/mol. The van der Waals surface area contributed by atoms with Gasteiger partial charge in [0.2, 0.25) is 5.91 Å². The van der Waals surface area contributed by atoms with Crippen LogP contribution >= 0.6 is 0 Å². The molecule has 1 N–H and O–H groups in total. The van der Waals surface area contributed by atoms with E-state index < -0.39 is 0 Å². The lowest BCUT2D eigenvalue weighted by molar-refractivity contribution is -0.123. The van der Waals surface area contributed by atoms with Crippen molar-refractivity contribution in [2.45, 2.75) is 19.9 Å². The standard InChI is InChI=1S/C23H26N4O2/c1-17(2)25-22(28)16-26-11-13-27(14-12-26)23(29)21-10-6-5-9-20(21)19-8-4-3-7-18(19)15-24/h3-10,17H,11-14,16H2,1-2H3,(H,25,28). The minimum atomic E-state index is -0.0420. The van der Waals surface area contributed by atoms with E-state index in [9.17, 15) is 14.9 Å². The topological polar surface area (TPSA) is 76.4 Å². The summed E-state index contributed by atoms with van der Waals surface area (Å²) in [6, 6.07) is 17.1. The third-order valence-electron chi connectivity index (χ3n) is 4.97. The zero-order valence-corrected chi connectivity index (χ0v) is 16.9. The van der Waals surface area contributed by atoms with Crippen LogP contribution in [0.25, 0.3) is 11.1 Å². The van der Waals surface area contributed by atoms with Crippen LogP contribution in [0.5, 0.6) is 0 Å². The zero-order chi connectivity index (χ0) is 20.8. The fraction of sp³-hybridized carbons (Fsp3) is 0.348. The number of carbonyl (C=O) groups excluding carboxylic acids is 2. The van der Waals surface area contributed by atoms with Crippen LogP contribution in [0.3, 0.4) is 0 Å². The molecule has 150 valence electrons. The Bertz CT molecular complexity index is 924. The summed E-state index contributed by atoms with van der Waals surface area (Å²) >= 11 is 0. The average Bonchev–Trinajstić information content (AvgIpc) is 2.73. The van der Waals surface area contributed by atoms with Crippen molar-refractivity contribution < 1.29 is 9.59 Å². The Hall–Kier alpha value is -3.17. The molecule has 2 aromatic carbocycles. The number of carbonyl (C=O) groups is 2. The van der Waals surface area contributed by atoms with E-state index in [1.165, 1.54) is 0 Å². The van der Waals surface area contributed by atoms with Crippen LogP contribution in [0.15, 0.2) is 48.5 Å². The maximum absolute atomic E-state index is 13.2. The summed E-state index contributed by atoms with van der Waals surface area (Å²) in [5.74, 6) is -0.0298. The summed E-state index contributed by atoms with van der Waals surface area (Å²) < 4.78 is 0. The smallest absolute Gasteiger partial charge is 0.254 e. The summed E-state index contributed by atoms with van der Waals surface area (Å²) in [5.41, 5.74) is 2.69. The SMILES string of the molecule is CC(C)NC(=O)CN1CCN(C(=O)c2ccccc2-c2ccccc2C#N)CC1. The summed E-state index contributed by atoms with van der Waals surface area (Å²) in [6.07, 6.45) is 0. The molecule has 0 aliphatic carbocycles. The van der Waals surface area contributed by atoms with Crippen molar-refractivity contribution in [3.8, 4) is 17.2 Å². The van der Waals surface area contributed by atoms with Gasteiger partial charge in [-0.05, 0) is 31.5 Å². The molecule has 0 saturated carbocycles. The molecule has 0 bridgehead atoms. The Morgan fingerprint density at radius 2 is 1.62 bits per heavy atom. The molecule has 1 fully saturated rings. The highest BCUT2D eigenvalue weighted by Gasteiger charge is 2.25. The Kier molecular flexibility index (Phi) is 6.63. The lowest BCUT2D eigenvalue weighted by atomic mass is 9.95. The van der Waals surface area contributed by atoms with Crippen LogP contribution in [0, 0.1) is 11.3 Å². The van der Waals surface area contributed by atoms with E-state index in [4.69, 9.17) is 0 Å². The van der Waals surface area contributed by atoms with Gasteiger partial charge in [0.05, 0.1) is 18.2 Å². The molecule has 0 aromatic heterocycles. The number of nitrogens with one attached hydrogen (secondary N) is 1.